The quantitative estimate of drug-likeness (QED) is 0.429. The highest BCUT2D eigenvalue weighted by Crippen LogP contribution is 2.24. The van der Waals surface area contributed by atoms with E-state index in [2.05, 4.69) is 11.9 Å². The first-order valence-corrected chi connectivity index (χ1v) is 9.12. The Balaban J connectivity index is 1.67. The first-order chi connectivity index (χ1) is 14.3. The van der Waals surface area contributed by atoms with Crippen LogP contribution in [0.1, 0.15) is 38.0 Å². The number of hydrogen-bond donors (Lipinski definition) is 1. The van der Waals surface area contributed by atoms with E-state index in [4.69, 9.17) is 9.47 Å². The van der Waals surface area contributed by atoms with Gasteiger partial charge in [0.25, 0.3) is 17.7 Å². The molecular weight excluding hydrogens is 388 g/mol. The summed E-state index contributed by atoms with van der Waals surface area (Å²) in [6, 6.07) is 10.8. The average Bonchev–Trinajstić information content (AvgIpc) is 2.98. The lowest BCUT2D eigenvalue weighted by atomic mass is 10.1. The molecule has 0 spiro atoms. The van der Waals surface area contributed by atoms with Gasteiger partial charge in [0.15, 0.2) is 6.10 Å². The van der Waals surface area contributed by atoms with Gasteiger partial charge in [0.2, 0.25) is 0 Å². The van der Waals surface area contributed by atoms with Crippen LogP contribution in [0.25, 0.3) is 0 Å². The van der Waals surface area contributed by atoms with Gasteiger partial charge in [-0.2, -0.15) is 0 Å². The van der Waals surface area contributed by atoms with Crippen molar-refractivity contribution in [1.82, 2.24) is 4.90 Å². The fraction of sp³-hybridized carbons (Fsp3) is 0.182. The largest absolute Gasteiger partial charge is 0.497 e. The summed E-state index contributed by atoms with van der Waals surface area (Å²) >= 11 is 0. The first-order valence-electron chi connectivity index (χ1n) is 9.12. The zero-order valence-electron chi connectivity index (χ0n) is 16.5. The number of methoxy groups -OCH3 is 1. The number of carbonyl (C=O) groups is 4. The van der Waals surface area contributed by atoms with Crippen LogP contribution in [-0.4, -0.2) is 48.3 Å². The number of ether oxygens (including phenoxy) is 2. The maximum atomic E-state index is 12.4. The molecule has 8 heteroatoms. The summed E-state index contributed by atoms with van der Waals surface area (Å²) in [6.45, 7) is 5.04. The molecular formula is C22H20N2O6. The third kappa shape index (κ3) is 4.07. The normalized spacial score (nSPS) is 13.5. The van der Waals surface area contributed by atoms with Gasteiger partial charge in [-0.25, -0.2) is 4.79 Å². The van der Waals surface area contributed by atoms with Gasteiger partial charge in [0.1, 0.15) is 5.75 Å². The Kier molecular flexibility index (Phi) is 5.96. The van der Waals surface area contributed by atoms with Crippen molar-refractivity contribution in [3.8, 4) is 5.75 Å². The Morgan fingerprint density at radius 2 is 1.77 bits per heavy atom. The van der Waals surface area contributed by atoms with E-state index in [0.717, 1.165) is 4.90 Å². The van der Waals surface area contributed by atoms with Crippen molar-refractivity contribution in [2.45, 2.75) is 13.0 Å². The van der Waals surface area contributed by atoms with Crippen LogP contribution in [0.15, 0.2) is 55.1 Å². The number of nitrogens with zero attached hydrogens (tertiary/aromatic N) is 1. The molecule has 1 N–H and O–H groups in total. The lowest BCUT2D eigenvalue weighted by Gasteiger charge is -2.14. The Hall–Kier alpha value is -3.94. The van der Waals surface area contributed by atoms with Gasteiger partial charge in [-0.05, 0) is 49.4 Å². The average molecular weight is 408 g/mol. The van der Waals surface area contributed by atoms with Gasteiger partial charge in [-0.3, -0.25) is 19.3 Å². The number of benzene rings is 2. The van der Waals surface area contributed by atoms with E-state index < -0.39 is 29.8 Å². The van der Waals surface area contributed by atoms with Gasteiger partial charge in [-0.15, -0.1) is 6.58 Å². The molecule has 0 aromatic heterocycles. The number of carbonyl (C=O) groups excluding carboxylic acids is 4. The van der Waals surface area contributed by atoms with E-state index in [9.17, 15) is 19.2 Å². The van der Waals surface area contributed by atoms with Crippen molar-refractivity contribution in [3.05, 3.63) is 71.8 Å². The Bertz CT molecular complexity index is 1030. The van der Waals surface area contributed by atoms with E-state index in [-0.39, 0.29) is 23.2 Å². The van der Waals surface area contributed by atoms with Crippen molar-refractivity contribution >= 4 is 29.4 Å². The molecule has 2 aromatic carbocycles. The summed E-state index contributed by atoms with van der Waals surface area (Å²) in [4.78, 5) is 50.4. The number of imide groups is 1. The Labute approximate surface area is 173 Å². The highest BCUT2D eigenvalue weighted by molar-refractivity contribution is 6.22. The summed E-state index contributed by atoms with van der Waals surface area (Å²) in [7, 11) is 1.54. The molecule has 0 bridgehead atoms. The predicted molar refractivity (Wildman–Crippen MR) is 109 cm³/mol. The molecule has 1 atom stereocenters. The third-order valence-electron chi connectivity index (χ3n) is 4.53. The lowest BCUT2D eigenvalue weighted by Crippen LogP contribution is -2.30. The number of hydrogen-bond acceptors (Lipinski definition) is 6. The minimum absolute atomic E-state index is 0.0689. The number of nitrogens with one attached hydrogen (secondary N) is 1. The zero-order chi connectivity index (χ0) is 21.8. The molecule has 0 fully saturated rings. The summed E-state index contributed by atoms with van der Waals surface area (Å²) in [5.74, 6) is -1.60. The molecule has 0 saturated heterocycles. The number of esters is 1. The van der Waals surface area contributed by atoms with Crippen molar-refractivity contribution in [1.29, 1.82) is 0 Å². The highest BCUT2D eigenvalue weighted by Gasteiger charge is 2.35. The topological polar surface area (TPSA) is 102 Å². The molecule has 0 unspecified atom stereocenters. The molecule has 154 valence electrons. The summed E-state index contributed by atoms with van der Waals surface area (Å²) in [5, 5.41) is 2.64. The molecule has 3 rings (SSSR count). The Morgan fingerprint density at radius 3 is 2.40 bits per heavy atom. The zero-order valence-corrected chi connectivity index (χ0v) is 16.5. The predicted octanol–water partition coefficient (Wildman–Crippen LogP) is 2.66. The van der Waals surface area contributed by atoms with Gasteiger partial charge >= 0.3 is 5.97 Å². The molecule has 0 aliphatic carbocycles. The molecule has 1 aliphatic rings. The van der Waals surface area contributed by atoms with Gasteiger partial charge in [0, 0.05) is 12.2 Å². The number of anilines is 1. The SMILES string of the molecule is C=CCN1C(=O)c2ccc(C(=O)O[C@@H](C)C(=O)Nc3ccc(OC)cc3)cc2C1=O. The van der Waals surface area contributed by atoms with Crippen LogP contribution in [-0.2, 0) is 9.53 Å². The summed E-state index contributed by atoms with van der Waals surface area (Å²) < 4.78 is 10.3. The molecule has 30 heavy (non-hydrogen) atoms. The molecule has 2 aromatic rings. The fourth-order valence-corrected chi connectivity index (χ4v) is 2.91. The van der Waals surface area contributed by atoms with Crippen molar-refractivity contribution in [2.24, 2.45) is 0 Å². The molecule has 0 saturated carbocycles. The van der Waals surface area contributed by atoms with E-state index in [1.165, 1.54) is 38.3 Å². The number of amides is 3. The highest BCUT2D eigenvalue weighted by atomic mass is 16.5. The molecule has 0 radical (unpaired) electrons. The van der Waals surface area contributed by atoms with E-state index in [1.807, 2.05) is 0 Å². The first kappa shape index (κ1) is 20.8. The molecule has 3 amide bonds. The van der Waals surface area contributed by atoms with Crippen molar-refractivity contribution in [3.63, 3.8) is 0 Å². The smallest absolute Gasteiger partial charge is 0.338 e. The van der Waals surface area contributed by atoms with Crippen LogP contribution >= 0.6 is 0 Å². The van der Waals surface area contributed by atoms with Gasteiger partial charge in [0.05, 0.1) is 23.8 Å². The minimum atomic E-state index is -1.08. The van der Waals surface area contributed by atoms with Crippen LogP contribution in [0.2, 0.25) is 0 Å². The van der Waals surface area contributed by atoms with Gasteiger partial charge < -0.3 is 14.8 Å². The van der Waals surface area contributed by atoms with Gasteiger partial charge in [-0.1, -0.05) is 6.08 Å². The van der Waals surface area contributed by atoms with E-state index >= 15 is 0 Å². The molecule has 8 nitrogen and oxygen atoms in total. The Morgan fingerprint density at radius 1 is 1.10 bits per heavy atom. The monoisotopic (exact) mass is 408 g/mol. The molecule has 1 aliphatic heterocycles. The second-order valence-corrected chi connectivity index (χ2v) is 6.54. The minimum Gasteiger partial charge on any atom is -0.497 e. The maximum Gasteiger partial charge on any atom is 0.338 e. The standard InChI is InChI=1S/C22H20N2O6/c1-4-11-24-20(26)17-10-5-14(12-18(17)21(24)27)22(28)30-13(2)19(25)23-15-6-8-16(29-3)9-7-15/h4-10,12-13H,1,11H2,2-3H3,(H,23,25)/t13-/m0/s1. The second kappa shape index (κ2) is 8.60. The second-order valence-electron chi connectivity index (χ2n) is 6.54. The number of fused-ring (bicyclic) bond motifs is 1. The maximum absolute atomic E-state index is 12.4. The molecule has 1 heterocycles. The summed E-state index contributed by atoms with van der Waals surface area (Å²) in [5.41, 5.74) is 0.919. The van der Waals surface area contributed by atoms with Crippen LogP contribution in [0, 0.1) is 0 Å². The van der Waals surface area contributed by atoms with Crippen molar-refractivity contribution < 1.29 is 28.7 Å². The summed E-state index contributed by atoms with van der Waals surface area (Å²) in [6.07, 6.45) is 0.363. The lowest BCUT2D eigenvalue weighted by molar-refractivity contribution is -0.123. The van der Waals surface area contributed by atoms with Crippen LogP contribution < -0.4 is 10.1 Å². The van der Waals surface area contributed by atoms with Crippen molar-refractivity contribution in [2.75, 3.05) is 19.0 Å². The van der Waals surface area contributed by atoms with Crippen LogP contribution in [0.3, 0.4) is 0 Å². The number of rotatable bonds is 7. The van der Waals surface area contributed by atoms with Crippen LogP contribution in [0.4, 0.5) is 5.69 Å². The third-order valence-corrected chi connectivity index (χ3v) is 4.53. The van der Waals surface area contributed by atoms with Crippen LogP contribution in [0.5, 0.6) is 5.75 Å². The van der Waals surface area contributed by atoms with E-state index in [1.54, 1.807) is 24.3 Å². The fourth-order valence-electron chi connectivity index (χ4n) is 2.91. The van der Waals surface area contributed by atoms with E-state index in [0.29, 0.717) is 11.4 Å².